The maximum Gasteiger partial charge on any atom is 0.254 e. The van der Waals surface area contributed by atoms with Crippen LogP contribution in [0.15, 0.2) is 6.20 Å². The van der Waals surface area contributed by atoms with Gasteiger partial charge in [-0.15, -0.1) is 0 Å². The molecule has 32 heavy (non-hydrogen) atoms. The monoisotopic (exact) mass is 448 g/mol. The summed E-state index contributed by atoms with van der Waals surface area (Å²) in [5, 5.41) is 20.2. The number of nitrogens with zero attached hydrogens (tertiary/aromatic N) is 3. The van der Waals surface area contributed by atoms with Crippen LogP contribution in [0.3, 0.4) is 0 Å². The van der Waals surface area contributed by atoms with Crippen LogP contribution >= 0.6 is 0 Å². The van der Waals surface area contributed by atoms with Crippen molar-refractivity contribution in [3.63, 3.8) is 0 Å². The number of carbonyl (C=O) groups is 2. The molecule has 8 nitrogen and oxygen atoms in total. The minimum absolute atomic E-state index is 0.0461. The molecule has 0 unspecified atom stereocenters. The second-order valence-corrected chi connectivity index (χ2v) is 9.59. The maximum atomic E-state index is 13.4. The number of carbonyl (C=O) groups excluding carboxylic acids is 2. The second kappa shape index (κ2) is 8.77. The summed E-state index contributed by atoms with van der Waals surface area (Å²) in [5.41, 5.74) is 5.06. The van der Waals surface area contributed by atoms with E-state index < -0.39 is 17.4 Å². The molecule has 0 spiro atoms. The number of primary amides is 1. The molecular formula is C22H30F2N6O2. The molecule has 3 aliphatic rings. The Bertz CT molecular complexity index is 902. The van der Waals surface area contributed by atoms with Crippen molar-refractivity contribution in [3.8, 4) is 6.07 Å². The van der Waals surface area contributed by atoms with Gasteiger partial charge in [-0.2, -0.15) is 10.4 Å². The quantitative estimate of drug-likeness (QED) is 0.591. The van der Waals surface area contributed by atoms with Crippen molar-refractivity contribution in [1.29, 1.82) is 5.26 Å². The standard InChI is InChI=1S/C22H30F2N6O2/c23-22(24)9-5-16(6-10-22)27-15-3-7-21(8-4-15,11-12-25)30-13-17(18(26)31)19(29-30)28-20(32)14-1-2-14/h13-16,27H,1-11H2,(H2,26,31)(H,28,29,32)/t15-,21-. The lowest BCUT2D eigenvalue weighted by Gasteiger charge is -2.41. The van der Waals surface area contributed by atoms with Gasteiger partial charge in [-0.25, -0.2) is 8.78 Å². The highest BCUT2D eigenvalue weighted by Crippen LogP contribution is 2.40. The Morgan fingerprint density at radius 1 is 1.12 bits per heavy atom. The number of anilines is 1. The van der Waals surface area contributed by atoms with E-state index in [9.17, 15) is 23.6 Å². The number of hydrogen-bond acceptors (Lipinski definition) is 5. The fraction of sp³-hybridized carbons (Fsp3) is 0.727. The van der Waals surface area contributed by atoms with Gasteiger partial charge in [0, 0.05) is 37.0 Å². The van der Waals surface area contributed by atoms with Crippen LogP contribution < -0.4 is 16.4 Å². The van der Waals surface area contributed by atoms with Crippen LogP contribution in [0.25, 0.3) is 0 Å². The lowest BCUT2D eigenvalue weighted by atomic mass is 9.77. The molecule has 3 saturated carbocycles. The summed E-state index contributed by atoms with van der Waals surface area (Å²) in [4.78, 5) is 24.1. The Hall–Kier alpha value is -2.54. The van der Waals surface area contributed by atoms with Crippen molar-refractivity contribution in [2.24, 2.45) is 11.7 Å². The van der Waals surface area contributed by atoms with Gasteiger partial charge in [0.2, 0.25) is 11.8 Å². The van der Waals surface area contributed by atoms with Crippen LogP contribution in [0.2, 0.25) is 0 Å². The normalized spacial score (nSPS) is 28.1. The van der Waals surface area contributed by atoms with Crippen LogP contribution in [0.4, 0.5) is 14.6 Å². The highest BCUT2D eigenvalue weighted by Gasteiger charge is 2.41. The van der Waals surface area contributed by atoms with Crippen LogP contribution in [0.5, 0.6) is 0 Å². The number of rotatable bonds is 7. The SMILES string of the molecule is N#CC[C@]1(n2cc(C(N)=O)c(NC(=O)C3CC3)n2)CC[C@H](NC2CCC(F)(F)CC2)CC1. The molecule has 0 aromatic carbocycles. The van der Waals surface area contributed by atoms with Gasteiger partial charge >= 0.3 is 0 Å². The molecule has 0 saturated heterocycles. The average molecular weight is 449 g/mol. The van der Waals surface area contributed by atoms with E-state index in [1.807, 2.05) is 0 Å². The van der Waals surface area contributed by atoms with E-state index in [0.29, 0.717) is 25.7 Å². The Morgan fingerprint density at radius 3 is 2.25 bits per heavy atom. The molecule has 1 heterocycles. The third kappa shape index (κ3) is 4.93. The molecule has 0 atom stereocenters. The van der Waals surface area contributed by atoms with Crippen molar-refractivity contribution < 1.29 is 18.4 Å². The Morgan fingerprint density at radius 2 is 1.72 bits per heavy atom. The van der Waals surface area contributed by atoms with Gasteiger partial charge in [-0.05, 0) is 51.4 Å². The number of halogens is 2. The number of nitrogens with one attached hydrogen (secondary N) is 2. The molecule has 0 aliphatic heterocycles. The lowest BCUT2D eigenvalue weighted by molar-refractivity contribution is -0.117. The van der Waals surface area contributed by atoms with Crippen molar-refractivity contribution in [1.82, 2.24) is 15.1 Å². The Labute approximate surface area is 185 Å². The topological polar surface area (TPSA) is 126 Å². The Kier molecular flexibility index (Phi) is 6.21. The van der Waals surface area contributed by atoms with Crippen molar-refractivity contribution >= 4 is 17.6 Å². The molecule has 10 heteroatoms. The fourth-order valence-corrected chi connectivity index (χ4v) is 4.95. The van der Waals surface area contributed by atoms with E-state index in [-0.39, 0.29) is 54.6 Å². The molecule has 3 aliphatic carbocycles. The zero-order chi connectivity index (χ0) is 22.9. The van der Waals surface area contributed by atoms with E-state index in [4.69, 9.17) is 5.73 Å². The van der Waals surface area contributed by atoms with Crippen LogP contribution in [0.1, 0.15) is 81.0 Å². The first-order valence-corrected chi connectivity index (χ1v) is 11.4. The summed E-state index contributed by atoms with van der Waals surface area (Å²) >= 11 is 0. The molecule has 0 radical (unpaired) electrons. The zero-order valence-corrected chi connectivity index (χ0v) is 18.1. The summed E-state index contributed by atoms with van der Waals surface area (Å²) in [6, 6.07) is 2.53. The number of aromatic nitrogens is 2. The minimum Gasteiger partial charge on any atom is -0.365 e. The van der Waals surface area contributed by atoms with Crippen LogP contribution in [-0.4, -0.2) is 39.6 Å². The predicted octanol–water partition coefficient (Wildman–Crippen LogP) is 3.05. The number of amides is 2. The number of nitrogens with two attached hydrogens (primary N) is 1. The van der Waals surface area contributed by atoms with Crippen molar-refractivity contribution in [3.05, 3.63) is 11.8 Å². The first-order chi connectivity index (χ1) is 15.2. The van der Waals surface area contributed by atoms with Crippen LogP contribution in [-0.2, 0) is 10.3 Å². The summed E-state index contributed by atoms with van der Waals surface area (Å²) in [7, 11) is 0. The molecule has 3 fully saturated rings. The van der Waals surface area contributed by atoms with Gasteiger partial charge in [0.05, 0.1) is 18.0 Å². The second-order valence-electron chi connectivity index (χ2n) is 9.59. The molecular weight excluding hydrogens is 418 g/mol. The van der Waals surface area contributed by atoms with Gasteiger partial charge in [0.15, 0.2) is 5.82 Å². The van der Waals surface area contributed by atoms with Crippen molar-refractivity contribution in [2.45, 2.75) is 94.2 Å². The minimum atomic E-state index is -2.54. The third-order valence-electron chi connectivity index (χ3n) is 7.17. The van der Waals surface area contributed by atoms with E-state index >= 15 is 0 Å². The number of nitriles is 1. The number of hydrogen-bond donors (Lipinski definition) is 3. The van der Waals surface area contributed by atoms with Gasteiger partial charge in [-0.3, -0.25) is 14.3 Å². The largest absolute Gasteiger partial charge is 0.365 e. The van der Waals surface area contributed by atoms with Crippen LogP contribution in [0, 0.1) is 17.2 Å². The molecule has 174 valence electrons. The molecule has 0 bridgehead atoms. The number of alkyl halides is 2. The Balaban J connectivity index is 1.45. The first-order valence-electron chi connectivity index (χ1n) is 11.4. The molecule has 2 amide bonds. The average Bonchev–Trinajstić information content (AvgIpc) is 3.51. The maximum absolute atomic E-state index is 13.4. The van der Waals surface area contributed by atoms with Gasteiger partial charge in [0.1, 0.15) is 5.56 Å². The highest BCUT2D eigenvalue weighted by atomic mass is 19.3. The summed E-state index contributed by atoms with van der Waals surface area (Å²) in [6.45, 7) is 0. The lowest BCUT2D eigenvalue weighted by Crippen LogP contribution is -2.47. The zero-order valence-electron chi connectivity index (χ0n) is 18.1. The molecule has 4 N–H and O–H groups in total. The van der Waals surface area contributed by atoms with Gasteiger partial charge in [-0.1, -0.05) is 0 Å². The molecule has 1 aromatic rings. The summed E-state index contributed by atoms with van der Waals surface area (Å²) < 4.78 is 28.5. The molecule has 4 rings (SSSR count). The van der Waals surface area contributed by atoms with E-state index in [2.05, 4.69) is 21.8 Å². The fourth-order valence-electron chi connectivity index (χ4n) is 4.95. The van der Waals surface area contributed by atoms with Gasteiger partial charge in [0.25, 0.3) is 5.91 Å². The smallest absolute Gasteiger partial charge is 0.254 e. The van der Waals surface area contributed by atoms with E-state index in [0.717, 1.165) is 25.7 Å². The van der Waals surface area contributed by atoms with Crippen molar-refractivity contribution in [2.75, 3.05) is 5.32 Å². The van der Waals surface area contributed by atoms with Gasteiger partial charge < -0.3 is 16.4 Å². The summed E-state index contributed by atoms with van der Waals surface area (Å²) in [6.07, 6.45) is 7.03. The highest BCUT2D eigenvalue weighted by molar-refractivity contribution is 6.02. The first kappa shape index (κ1) is 22.6. The summed E-state index contributed by atoms with van der Waals surface area (Å²) in [5.74, 6) is -3.29. The third-order valence-corrected chi connectivity index (χ3v) is 7.17. The van der Waals surface area contributed by atoms with E-state index in [1.165, 1.54) is 0 Å². The van der Waals surface area contributed by atoms with E-state index in [1.54, 1.807) is 10.9 Å². The predicted molar refractivity (Wildman–Crippen MR) is 113 cm³/mol. The molecule has 1 aromatic heterocycles.